The monoisotopic (exact) mass is 413 g/mol. The summed E-state index contributed by atoms with van der Waals surface area (Å²) in [5.41, 5.74) is 1.73. The fourth-order valence-corrected chi connectivity index (χ4v) is 3.24. The topological polar surface area (TPSA) is 110 Å². The lowest BCUT2D eigenvalue weighted by atomic mass is 10.3. The van der Waals surface area contributed by atoms with Crippen LogP contribution >= 0.6 is 11.6 Å². The number of aromatic nitrogens is 7. The molecule has 0 saturated heterocycles. The second kappa shape index (κ2) is 7.27. The maximum Gasteiger partial charge on any atom is 0.168 e. The average molecular weight is 414 g/mol. The second-order valence-corrected chi connectivity index (χ2v) is 6.68. The number of hydrogen-bond acceptors (Lipinski definition) is 7. The highest BCUT2D eigenvalue weighted by molar-refractivity contribution is 6.30. The van der Waals surface area contributed by atoms with Crippen molar-refractivity contribution in [1.29, 1.82) is 5.26 Å². The van der Waals surface area contributed by atoms with E-state index in [4.69, 9.17) is 11.6 Å². The zero-order valence-corrected chi connectivity index (χ0v) is 16.1. The Bertz CT molecular complexity index is 1400. The molecule has 0 bridgehead atoms. The SMILES string of the molecule is N#Cc1cnn(-c2ccccn2)c1Nc1ncnc2c1cnn2-c1cccc(Cl)c1. The van der Waals surface area contributed by atoms with Gasteiger partial charge in [-0.25, -0.2) is 19.6 Å². The molecule has 0 spiro atoms. The molecule has 144 valence electrons. The number of fused-ring (bicyclic) bond motifs is 1. The molecule has 4 aromatic heterocycles. The summed E-state index contributed by atoms with van der Waals surface area (Å²) in [6, 6.07) is 14.9. The van der Waals surface area contributed by atoms with Gasteiger partial charge in [0.15, 0.2) is 17.3 Å². The summed E-state index contributed by atoms with van der Waals surface area (Å²) in [4.78, 5) is 13.0. The third-order valence-electron chi connectivity index (χ3n) is 4.41. The van der Waals surface area contributed by atoms with Crippen LogP contribution in [0.1, 0.15) is 5.56 Å². The van der Waals surface area contributed by atoms with Crippen LogP contribution in [0.2, 0.25) is 5.02 Å². The normalized spacial score (nSPS) is 10.8. The molecule has 0 unspecified atom stereocenters. The molecule has 5 rings (SSSR count). The van der Waals surface area contributed by atoms with Gasteiger partial charge in [-0.05, 0) is 30.3 Å². The van der Waals surface area contributed by atoms with E-state index < -0.39 is 0 Å². The molecule has 0 amide bonds. The van der Waals surface area contributed by atoms with Gasteiger partial charge in [-0.1, -0.05) is 23.7 Å². The van der Waals surface area contributed by atoms with Crippen molar-refractivity contribution in [2.45, 2.75) is 0 Å². The highest BCUT2D eigenvalue weighted by Gasteiger charge is 2.17. The van der Waals surface area contributed by atoms with E-state index in [1.54, 1.807) is 40.0 Å². The molecule has 10 heteroatoms. The smallest absolute Gasteiger partial charge is 0.168 e. The Kier molecular flexibility index (Phi) is 4.31. The average Bonchev–Trinajstić information content (AvgIpc) is 3.39. The predicted molar refractivity (Wildman–Crippen MR) is 111 cm³/mol. The molecule has 5 aromatic rings. The van der Waals surface area contributed by atoms with Gasteiger partial charge in [0.2, 0.25) is 0 Å². The number of nitrogens with zero attached hydrogens (tertiary/aromatic N) is 8. The van der Waals surface area contributed by atoms with Crippen LogP contribution in [0.4, 0.5) is 11.6 Å². The summed E-state index contributed by atoms with van der Waals surface area (Å²) in [6.07, 6.45) is 6.22. The minimum absolute atomic E-state index is 0.356. The van der Waals surface area contributed by atoms with Crippen LogP contribution in [0.25, 0.3) is 22.5 Å². The fraction of sp³-hybridized carbons (Fsp3) is 0. The van der Waals surface area contributed by atoms with Crippen molar-refractivity contribution in [3.63, 3.8) is 0 Å². The number of anilines is 2. The molecule has 1 aromatic carbocycles. The molecule has 0 saturated carbocycles. The van der Waals surface area contributed by atoms with E-state index in [1.165, 1.54) is 12.5 Å². The number of hydrogen-bond donors (Lipinski definition) is 1. The second-order valence-electron chi connectivity index (χ2n) is 6.24. The molecule has 0 fully saturated rings. The maximum atomic E-state index is 9.52. The Hall–Kier alpha value is -4.29. The van der Waals surface area contributed by atoms with Crippen LogP contribution in [0.5, 0.6) is 0 Å². The first-order valence-electron chi connectivity index (χ1n) is 8.86. The van der Waals surface area contributed by atoms with E-state index in [0.29, 0.717) is 39.1 Å². The van der Waals surface area contributed by atoms with Gasteiger partial charge in [0.1, 0.15) is 23.8 Å². The molecule has 0 radical (unpaired) electrons. The number of nitrogens with one attached hydrogen (secondary N) is 1. The van der Waals surface area contributed by atoms with Crippen LogP contribution < -0.4 is 5.32 Å². The molecule has 9 nitrogen and oxygen atoms in total. The first kappa shape index (κ1) is 17.8. The Morgan fingerprint density at radius 1 is 0.967 bits per heavy atom. The van der Waals surface area contributed by atoms with Gasteiger partial charge in [-0.2, -0.15) is 20.1 Å². The van der Waals surface area contributed by atoms with Crippen molar-refractivity contribution in [1.82, 2.24) is 34.5 Å². The number of pyridine rings is 1. The summed E-state index contributed by atoms with van der Waals surface area (Å²) in [7, 11) is 0. The summed E-state index contributed by atoms with van der Waals surface area (Å²) in [5.74, 6) is 1.51. The van der Waals surface area contributed by atoms with Gasteiger partial charge in [0.05, 0.1) is 23.5 Å². The first-order valence-corrected chi connectivity index (χ1v) is 9.23. The number of rotatable bonds is 4. The summed E-state index contributed by atoms with van der Waals surface area (Å²) in [6.45, 7) is 0. The van der Waals surface area contributed by atoms with Crippen LogP contribution in [0, 0.1) is 11.3 Å². The van der Waals surface area contributed by atoms with E-state index in [9.17, 15) is 5.26 Å². The Morgan fingerprint density at radius 3 is 2.67 bits per heavy atom. The van der Waals surface area contributed by atoms with Crippen molar-refractivity contribution in [3.8, 4) is 17.6 Å². The molecule has 0 atom stereocenters. The lowest BCUT2D eigenvalue weighted by Gasteiger charge is -2.10. The van der Waals surface area contributed by atoms with Crippen molar-refractivity contribution < 1.29 is 0 Å². The molecule has 0 aliphatic heterocycles. The highest BCUT2D eigenvalue weighted by Crippen LogP contribution is 2.27. The summed E-state index contributed by atoms with van der Waals surface area (Å²) >= 11 is 6.12. The van der Waals surface area contributed by atoms with E-state index in [1.807, 2.05) is 24.3 Å². The maximum absolute atomic E-state index is 9.52. The van der Waals surface area contributed by atoms with Gasteiger partial charge in [0, 0.05) is 11.2 Å². The van der Waals surface area contributed by atoms with E-state index in [2.05, 4.69) is 36.5 Å². The lowest BCUT2D eigenvalue weighted by molar-refractivity contribution is 0.853. The van der Waals surface area contributed by atoms with E-state index in [-0.39, 0.29) is 0 Å². The molecular formula is C20H12ClN9. The number of benzene rings is 1. The molecule has 1 N–H and O–H groups in total. The summed E-state index contributed by atoms with van der Waals surface area (Å²) < 4.78 is 3.23. The third kappa shape index (κ3) is 3.01. The van der Waals surface area contributed by atoms with Gasteiger partial charge in [-0.15, -0.1) is 0 Å². The zero-order chi connectivity index (χ0) is 20.5. The number of nitriles is 1. The Labute approximate surface area is 175 Å². The van der Waals surface area contributed by atoms with E-state index in [0.717, 1.165) is 5.69 Å². The highest BCUT2D eigenvalue weighted by atomic mass is 35.5. The van der Waals surface area contributed by atoms with Crippen LogP contribution in [-0.4, -0.2) is 34.5 Å². The van der Waals surface area contributed by atoms with Crippen molar-refractivity contribution in [3.05, 3.63) is 78.0 Å². The molecular weight excluding hydrogens is 402 g/mol. The van der Waals surface area contributed by atoms with Gasteiger partial charge < -0.3 is 5.32 Å². The minimum Gasteiger partial charge on any atom is -0.323 e. The molecule has 30 heavy (non-hydrogen) atoms. The van der Waals surface area contributed by atoms with Crippen molar-refractivity contribution in [2.24, 2.45) is 0 Å². The van der Waals surface area contributed by atoms with Gasteiger partial charge >= 0.3 is 0 Å². The third-order valence-corrected chi connectivity index (χ3v) is 4.65. The minimum atomic E-state index is 0.356. The van der Waals surface area contributed by atoms with Crippen molar-refractivity contribution >= 4 is 34.3 Å². The molecule has 0 aliphatic rings. The number of halogens is 1. The van der Waals surface area contributed by atoms with Crippen LogP contribution in [-0.2, 0) is 0 Å². The quantitative estimate of drug-likeness (QED) is 0.478. The zero-order valence-electron chi connectivity index (χ0n) is 15.3. The van der Waals surface area contributed by atoms with Gasteiger partial charge in [-0.3, -0.25) is 0 Å². The summed E-state index contributed by atoms with van der Waals surface area (Å²) in [5, 5.41) is 22.7. The lowest BCUT2D eigenvalue weighted by Crippen LogP contribution is -2.06. The van der Waals surface area contributed by atoms with Gasteiger partial charge in [0.25, 0.3) is 0 Å². The molecule has 0 aliphatic carbocycles. The van der Waals surface area contributed by atoms with Crippen molar-refractivity contribution in [2.75, 3.05) is 5.32 Å². The fourth-order valence-electron chi connectivity index (χ4n) is 3.06. The molecule has 4 heterocycles. The standard InChI is InChI=1S/C20H12ClN9/c21-14-4-3-5-15(8-14)29-20-16(11-27-29)18(24-12-25-20)28-19-13(9-22)10-26-30(19)17-6-1-2-7-23-17/h1-8,10-12H,(H,24,25,28). The largest absolute Gasteiger partial charge is 0.323 e. The van der Waals surface area contributed by atoms with Crippen LogP contribution in [0.3, 0.4) is 0 Å². The Morgan fingerprint density at radius 2 is 1.87 bits per heavy atom. The predicted octanol–water partition coefficient (Wildman–Crippen LogP) is 3.66. The first-order chi connectivity index (χ1) is 14.7. The Balaban J connectivity index is 1.61. The van der Waals surface area contributed by atoms with E-state index >= 15 is 0 Å². The van der Waals surface area contributed by atoms with Crippen LogP contribution in [0.15, 0.2) is 67.4 Å².